The van der Waals surface area contributed by atoms with Crippen molar-refractivity contribution in [3.63, 3.8) is 0 Å². The summed E-state index contributed by atoms with van der Waals surface area (Å²) in [6, 6.07) is 12.3. The molecule has 37 heavy (non-hydrogen) atoms. The molecule has 7 heteroatoms. The molecular formula is C30H34N2O4S. The number of aliphatic hydroxyl groups excluding tert-OH is 1. The van der Waals surface area contributed by atoms with Gasteiger partial charge < -0.3 is 10.0 Å². The quantitative estimate of drug-likeness (QED) is 0.516. The Bertz CT molecular complexity index is 1360. The maximum Gasteiger partial charge on any atom is 0.278 e. The SMILES string of the molecule is C=CCCS(=O)(=O)c1cccc(C(=O)N=C2Cc3ccc(CO)cc3N2C23CC4CC(CC(C4)C2)C3)c1. The summed E-state index contributed by atoms with van der Waals surface area (Å²) in [6.45, 7) is 3.58. The van der Waals surface area contributed by atoms with Crippen LogP contribution < -0.4 is 4.90 Å². The number of aliphatic hydroxyl groups is 1. The van der Waals surface area contributed by atoms with Gasteiger partial charge in [0.2, 0.25) is 0 Å². The van der Waals surface area contributed by atoms with Gasteiger partial charge in [0.1, 0.15) is 5.84 Å². The Morgan fingerprint density at radius 3 is 2.43 bits per heavy atom. The molecule has 4 bridgehead atoms. The third-order valence-corrected chi connectivity index (χ3v) is 10.7. The fraction of sp³-hybridized carbons (Fsp3) is 0.467. The molecular weight excluding hydrogens is 484 g/mol. The Labute approximate surface area is 219 Å². The predicted octanol–water partition coefficient (Wildman–Crippen LogP) is 5.10. The van der Waals surface area contributed by atoms with Crippen LogP contribution in [0.1, 0.15) is 66.4 Å². The number of hydrogen-bond donors (Lipinski definition) is 1. The predicted molar refractivity (Wildman–Crippen MR) is 145 cm³/mol. The number of rotatable bonds is 7. The van der Waals surface area contributed by atoms with E-state index >= 15 is 0 Å². The van der Waals surface area contributed by atoms with Gasteiger partial charge in [0.25, 0.3) is 5.91 Å². The number of carbonyl (C=O) groups excluding carboxylic acids is 1. The molecule has 5 aliphatic rings. The van der Waals surface area contributed by atoms with Crippen molar-refractivity contribution in [1.29, 1.82) is 0 Å². The number of hydrogen-bond acceptors (Lipinski definition) is 4. The van der Waals surface area contributed by atoms with Gasteiger partial charge in [-0.3, -0.25) is 4.79 Å². The lowest BCUT2D eigenvalue weighted by molar-refractivity contribution is 0.00203. The van der Waals surface area contributed by atoms with Crippen molar-refractivity contribution in [3.05, 3.63) is 71.8 Å². The van der Waals surface area contributed by atoms with Crippen LogP contribution in [0.25, 0.3) is 0 Å². The zero-order chi connectivity index (χ0) is 25.8. The molecule has 0 radical (unpaired) electrons. The molecule has 6 nitrogen and oxygen atoms in total. The zero-order valence-electron chi connectivity index (χ0n) is 21.1. The number of amidine groups is 1. The highest BCUT2D eigenvalue weighted by Crippen LogP contribution is 2.59. The molecule has 2 aromatic rings. The van der Waals surface area contributed by atoms with Crippen molar-refractivity contribution in [1.82, 2.24) is 0 Å². The molecule has 1 heterocycles. The highest BCUT2D eigenvalue weighted by Gasteiger charge is 2.56. The van der Waals surface area contributed by atoms with Crippen molar-refractivity contribution in [2.75, 3.05) is 10.7 Å². The number of carbonyl (C=O) groups is 1. The van der Waals surface area contributed by atoms with Gasteiger partial charge >= 0.3 is 0 Å². The van der Waals surface area contributed by atoms with Crippen LogP contribution in [0.2, 0.25) is 0 Å². The van der Waals surface area contributed by atoms with E-state index in [-0.39, 0.29) is 28.4 Å². The fourth-order valence-electron chi connectivity index (χ4n) is 7.77. The summed E-state index contributed by atoms with van der Waals surface area (Å²) in [5.41, 5.74) is 3.30. The van der Waals surface area contributed by atoms with Gasteiger partial charge in [0, 0.05) is 23.2 Å². The van der Waals surface area contributed by atoms with Crippen molar-refractivity contribution in [2.24, 2.45) is 22.7 Å². The van der Waals surface area contributed by atoms with E-state index in [0.717, 1.165) is 59.7 Å². The summed E-state index contributed by atoms with van der Waals surface area (Å²) in [6.07, 6.45) is 9.80. The number of fused-ring (bicyclic) bond motifs is 1. The zero-order valence-corrected chi connectivity index (χ0v) is 21.9. The minimum Gasteiger partial charge on any atom is -0.392 e. The van der Waals surface area contributed by atoms with Gasteiger partial charge in [0.15, 0.2) is 9.84 Å². The minimum atomic E-state index is -3.50. The topological polar surface area (TPSA) is 87.0 Å². The number of anilines is 1. The minimum absolute atomic E-state index is 0.0273. The Hall–Kier alpha value is -2.77. The summed E-state index contributed by atoms with van der Waals surface area (Å²) in [5.74, 6) is 2.48. The second-order valence-electron chi connectivity index (χ2n) is 11.5. The number of allylic oxidation sites excluding steroid dienone is 1. The Morgan fingerprint density at radius 1 is 1.08 bits per heavy atom. The number of nitrogens with zero attached hydrogens (tertiary/aromatic N) is 2. The summed E-state index contributed by atoms with van der Waals surface area (Å²) in [5, 5.41) is 9.84. The van der Waals surface area contributed by atoms with E-state index in [4.69, 9.17) is 0 Å². The second kappa shape index (κ2) is 9.21. The Kier molecular flexibility index (Phi) is 6.11. The average molecular weight is 519 g/mol. The Balaban J connectivity index is 1.38. The van der Waals surface area contributed by atoms with Crippen molar-refractivity contribution in [2.45, 2.75) is 68.4 Å². The standard InChI is InChI=1S/C30H34N2O4S/c1-2-3-9-37(35,36)26-6-4-5-25(14-26)29(34)31-28-15-24-8-7-20(19-33)13-27(24)32(28)30-16-21-10-22(17-30)12-23(11-21)18-30/h2,4-8,13-14,21-23,33H,1,3,9-12,15-19H2. The third-order valence-electron chi connectivity index (χ3n) is 8.92. The lowest BCUT2D eigenvalue weighted by Gasteiger charge is -2.60. The van der Waals surface area contributed by atoms with Gasteiger partial charge in [-0.2, -0.15) is 4.99 Å². The third kappa shape index (κ3) is 4.36. The number of sulfone groups is 1. The fourth-order valence-corrected chi connectivity index (χ4v) is 9.08. The number of benzene rings is 2. The van der Waals surface area contributed by atoms with E-state index in [9.17, 15) is 18.3 Å². The molecule has 1 amide bonds. The van der Waals surface area contributed by atoms with E-state index in [1.54, 1.807) is 18.2 Å². The van der Waals surface area contributed by atoms with Gasteiger partial charge in [0.05, 0.1) is 17.3 Å². The molecule has 0 saturated heterocycles. The number of amides is 1. The normalized spacial score (nSPS) is 29.1. The van der Waals surface area contributed by atoms with Crippen LogP contribution in [0, 0.1) is 17.8 Å². The molecule has 1 N–H and O–H groups in total. The highest BCUT2D eigenvalue weighted by atomic mass is 32.2. The summed E-state index contributed by atoms with van der Waals surface area (Å²) < 4.78 is 25.4. The van der Waals surface area contributed by atoms with Crippen LogP contribution in [0.15, 0.2) is 65.0 Å². The van der Waals surface area contributed by atoms with Gasteiger partial charge in [-0.05, 0) is 98.1 Å². The number of aliphatic imine (C=N–C) groups is 1. The molecule has 7 rings (SSSR count). The van der Waals surface area contributed by atoms with E-state index in [1.807, 2.05) is 12.1 Å². The van der Waals surface area contributed by atoms with E-state index in [2.05, 4.69) is 22.5 Å². The lowest BCUT2D eigenvalue weighted by atomic mass is 9.52. The molecule has 0 unspecified atom stereocenters. The van der Waals surface area contributed by atoms with Crippen LogP contribution in [0.5, 0.6) is 0 Å². The lowest BCUT2D eigenvalue weighted by Crippen LogP contribution is -2.61. The van der Waals surface area contributed by atoms with Crippen LogP contribution in [0.3, 0.4) is 0 Å². The van der Waals surface area contributed by atoms with Crippen LogP contribution >= 0.6 is 0 Å². The molecule has 1 aliphatic heterocycles. The van der Waals surface area contributed by atoms with Crippen LogP contribution in [-0.4, -0.2) is 36.6 Å². The monoisotopic (exact) mass is 518 g/mol. The van der Waals surface area contributed by atoms with E-state index in [1.165, 1.54) is 31.4 Å². The molecule has 0 atom stereocenters. The summed E-state index contributed by atoms with van der Waals surface area (Å²) in [4.78, 5) is 20.6. The molecule has 4 fully saturated rings. The molecule has 2 aromatic carbocycles. The van der Waals surface area contributed by atoms with E-state index < -0.39 is 15.7 Å². The van der Waals surface area contributed by atoms with E-state index in [0.29, 0.717) is 12.8 Å². The molecule has 4 saturated carbocycles. The molecule has 194 valence electrons. The first-order chi connectivity index (χ1) is 17.8. The first-order valence-electron chi connectivity index (χ1n) is 13.4. The van der Waals surface area contributed by atoms with Gasteiger partial charge in [-0.15, -0.1) is 6.58 Å². The first kappa shape index (κ1) is 24.6. The first-order valence-corrected chi connectivity index (χ1v) is 15.0. The molecule has 0 aromatic heterocycles. The van der Waals surface area contributed by atoms with Gasteiger partial charge in [-0.25, -0.2) is 8.42 Å². The van der Waals surface area contributed by atoms with Crippen molar-refractivity contribution < 1.29 is 18.3 Å². The van der Waals surface area contributed by atoms with Crippen molar-refractivity contribution >= 4 is 27.3 Å². The summed E-state index contributed by atoms with van der Waals surface area (Å²) in [7, 11) is -3.50. The molecule has 4 aliphatic carbocycles. The molecule has 0 spiro atoms. The smallest absolute Gasteiger partial charge is 0.278 e. The summed E-state index contributed by atoms with van der Waals surface area (Å²) >= 11 is 0. The maximum absolute atomic E-state index is 13.5. The Morgan fingerprint density at radius 2 is 1.78 bits per heavy atom. The maximum atomic E-state index is 13.5. The van der Waals surface area contributed by atoms with Crippen LogP contribution in [0.4, 0.5) is 5.69 Å². The second-order valence-corrected chi connectivity index (χ2v) is 13.6. The highest BCUT2D eigenvalue weighted by molar-refractivity contribution is 7.91. The van der Waals surface area contributed by atoms with Crippen LogP contribution in [-0.2, 0) is 22.9 Å². The average Bonchev–Trinajstić information content (AvgIpc) is 3.24. The van der Waals surface area contributed by atoms with Gasteiger partial charge in [-0.1, -0.05) is 24.3 Å². The largest absolute Gasteiger partial charge is 0.392 e. The van der Waals surface area contributed by atoms with Crippen molar-refractivity contribution in [3.8, 4) is 0 Å².